The van der Waals surface area contributed by atoms with Crippen LogP contribution in [0.5, 0.6) is 0 Å². The Morgan fingerprint density at radius 2 is 1.58 bits per heavy atom. The second kappa shape index (κ2) is 3.41. The molecule has 2 aliphatic heterocycles. The lowest BCUT2D eigenvalue weighted by molar-refractivity contribution is -0.116. The standard InChI is InChI=1S/C15H9F2NO/c16-11-1-2-13-8(4-11)3-9-5-12(17)6-10-7-14(19)18(13)15(9)10/h1-2,4-6H,3,7H2. The van der Waals surface area contributed by atoms with Crippen molar-refractivity contribution in [3.05, 3.63) is 58.7 Å². The Bertz CT molecular complexity index is 739. The van der Waals surface area contributed by atoms with Crippen LogP contribution in [0, 0.1) is 11.6 Å². The number of halogens is 2. The van der Waals surface area contributed by atoms with Crippen molar-refractivity contribution in [2.75, 3.05) is 4.90 Å². The molecular formula is C15H9F2NO. The van der Waals surface area contributed by atoms with Gasteiger partial charge in [0.25, 0.3) is 0 Å². The van der Waals surface area contributed by atoms with Crippen molar-refractivity contribution in [2.45, 2.75) is 12.8 Å². The Morgan fingerprint density at radius 1 is 0.895 bits per heavy atom. The van der Waals surface area contributed by atoms with Crippen LogP contribution in [-0.4, -0.2) is 5.91 Å². The van der Waals surface area contributed by atoms with Crippen molar-refractivity contribution in [1.29, 1.82) is 0 Å². The van der Waals surface area contributed by atoms with E-state index in [4.69, 9.17) is 0 Å². The molecule has 94 valence electrons. The Balaban J connectivity index is 2.02. The lowest BCUT2D eigenvalue weighted by Gasteiger charge is -2.28. The Hall–Kier alpha value is -2.23. The van der Waals surface area contributed by atoms with Gasteiger partial charge in [-0.25, -0.2) is 8.78 Å². The molecule has 2 aromatic rings. The maximum Gasteiger partial charge on any atom is 0.236 e. The van der Waals surface area contributed by atoms with E-state index in [1.807, 2.05) is 0 Å². The van der Waals surface area contributed by atoms with Crippen LogP contribution < -0.4 is 4.90 Å². The first kappa shape index (κ1) is 10.7. The number of benzene rings is 2. The van der Waals surface area contributed by atoms with Crippen molar-refractivity contribution in [2.24, 2.45) is 0 Å². The molecule has 19 heavy (non-hydrogen) atoms. The highest BCUT2D eigenvalue weighted by atomic mass is 19.1. The fraction of sp³-hybridized carbons (Fsp3) is 0.133. The van der Waals surface area contributed by atoms with Crippen LogP contribution >= 0.6 is 0 Å². The number of carbonyl (C=O) groups is 1. The molecule has 4 heteroatoms. The third kappa shape index (κ3) is 1.37. The van der Waals surface area contributed by atoms with Gasteiger partial charge in [0.1, 0.15) is 11.6 Å². The lowest BCUT2D eigenvalue weighted by Crippen LogP contribution is -2.25. The largest absolute Gasteiger partial charge is 0.280 e. The number of amides is 1. The van der Waals surface area contributed by atoms with E-state index >= 15 is 0 Å². The number of anilines is 2. The number of rotatable bonds is 0. The zero-order chi connectivity index (χ0) is 13.1. The lowest BCUT2D eigenvalue weighted by atomic mass is 9.95. The van der Waals surface area contributed by atoms with Crippen molar-refractivity contribution < 1.29 is 13.6 Å². The minimum atomic E-state index is -0.344. The van der Waals surface area contributed by atoms with Crippen LogP contribution in [0.15, 0.2) is 30.3 Å². The van der Waals surface area contributed by atoms with Crippen molar-refractivity contribution in [3.8, 4) is 0 Å². The van der Waals surface area contributed by atoms with E-state index in [0.29, 0.717) is 12.1 Å². The van der Waals surface area contributed by atoms with Gasteiger partial charge in [-0.05, 0) is 47.0 Å². The van der Waals surface area contributed by atoms with Crippen LogP contribution in [0.1, 0.15) is 16.7 Å². The minimum Gasteiger partial charge on any atom is -0.280 e. The molecule has 0 fully saturated rings. The molecule has 0 spiro atoms. The zero-order valence-electron chi connectivity index (χ0n) is 9.91. The van der Waals surface area contributed by atoms with E-state index in [1.165, 1.54) is 24.3 Å². The molecule has 2 heterocycles. The molecule has 0 N–H and O–H groups in total. The summed E-state index contributed by atoms with van der Waals surface area (Å²) in [6.45, 7) is 0. The predicted molar refractivity (Wildman–Crippen MR) is 66.5 cm³/mol. The van der Waals surface area contributed by atoms with E-state index in [-0.39, 0.29) is 24.0 Å². The highest BCUT2D eigenvalue weighted by Gasteiger charge is 2.35. The van der Waals surface area contributed by atoms with E-state index in [2.05, 4.69) is 0 Å². The van der Waals surface area contributed by atoms with E-state index in [1.54, 1.807) is 11.0 Å². The second-order valence-electron chi connectivity index (χ2n) is 4.93. The van der Waals surface area contributed by atoms with E-state index < -0.39 is 0 Å². The summed E-state index contributed by atoms with van der Waals surface area (Å²) in [4.78, 5) is 13.7. The summed E-state index contributed by atoms with van der Waals surface area (Å²) in [7, 11) is 0. The quantitative estimate of drug-likeness (QED) is 0.710. The molecule has 2 nitrogen and oxygen atoms in total. The highest BCUT2D eigenvalue weighted by Crippen LogP contribution is 2.45. The number of fused-ring (bicyclic) bond motifs is 2. The molecule has 2 aromatic carbocycles. The van der Waals surface area contributed by atoms with Gasteiger partial charge >= 0.3 is 0 Å². The molecule has 0 aromatic heterocycles. The first-order valence-electron chi connectivity index (χ1n) is 6.06. The number of nitrogens with zero attached hydrogens (tertiary/aromatic N) is 1. The smallest absolute Gasteiger partial charge is 0.236 e. The maximum absolute atomic E-state index is 13.5. The van der Waals surface area contributed by atoms with Crippen molar-refractivity contribution in [3.63, 3.8) is 0 Å². The summed E-state index contributed by atoms with van der Waals surface area (Å²) >= 11 is 0. The molecule has 2 aliphatic rings. The summed E-state index contributed by atoms with van der Waals surface area (Å²) in [5, 5.41) is 0. The van der Waals surface area contributed by atoms with Gasteiger partial charge in [0.15, 0.2) is 0 Å². The van der Waals surface area contributed by atoms with Crippen molar-refractivity contribution >= 4 is 17.3 Å². The molecule has 0 saturated carbocycles. The van der Waals surface area contributed by atoms with Crippen LogP contribution in [0.4, 0.5) is 20.2 Å². The third-order valence-corrected chi connectivity index (χ3v) is 3.71. The highest BCUT2D eigenvalue weighted by molar-refractivity contribution is 6.09. The van der Waals surface area contributed by atoms with Gasteiger partial charge in [0, 0.05) is 6.42 Å². The van der Waals surface area contributed by atoms with Gasteiger partial charge in [-0.1, -0.05) is 0 Å². The van der Waals surface area contributed by atoms with Gasteiger partial charge in [-0.2, -0.15) is 0 Å². The van der Waals surface area contributed by atoms with Crippen LogP contribution in [0.25, 0.3) is 0 Å². The number of hydrogen-bond donors (Lipinski definition) is 0. The Morgan fingerprint density at radius 3 is 2.37 bits per heavy atom. The zero-order valence-corrected chi connectivity index (χ0v) is 9.91. The van der Waals surface area contributed by atoms with Crippen molar-refractivity contribution in [1.82, 2.24) is 0 Å². The average molecular weight is 257 g/mol. The summed E-state index contributed by atoms with van der Waals surface area (Å²) in [6, 6.07) is 7.21. The van der Waals surface area contributed by atoms with Gasteiger partial charge in [0.05, 0.1) is 17.8 Å². The number of carbonyl (C=O) groups excluding carboxylic acids is 1. The maximum atomic E-state index is 13.5. The molecule has 0 unspecified atom stereocenters. The summed E-state index contributed by atoms with van der Waals surface area (Å²) in [5.41, 5.74) is 3.68. The monoisotopic (exact) mass is 257 g/mol. The summed E-state index contributed by atoms with van der Waals surface area (Å²) in [5.74, 6) is -0.775. The molecule has 1 amide bonds. The molecule has 0 atom stereocenters. The fourth-order valence-corrected chi connectivity index (χ4v) is 3.01. The molecule has 0 radical (unpaired) electrons. The van der Waals surface area contributed by atoms with Gasteiger partial charge in [-0.3, -0.25) is 9.69 Å². The third-order valence-electron chi connectivity index (χ3n) is 3.71. The van der Waals surface area contributed by atoms with Gasteiger partial charge < -0.3 is 0 Å². The minimum absolute atomic E-state index is 0.0885. The van der Waals surface area contributed by atoms with Gasteiger partial charge in [0.2, 0.25) is 5.91 Å². The van der Waals surface area contributed by atoms with Gasteiger partial charge in [-0.15, -0.1) is 0 Å². The van der Waals surface area contributed by atoms with Crippen LogP contribution in [0.2, 0.25) is 0 Å². The van der Waals surface area contributed by atoms with Crippen LogP contribution in [0.3, 0.4) is 0 Å². The second-order valence-corrected chi connectivity index (χ2v) is 4.93. The topological polar surface area (TPSA) is 20.3 Å². The molecular weight excluding hydrogens is 248 g/mol. The molecule has 4 rings (SSSR count). The SMILES string of the molecule is O=C1Cc2cc(F)cc3c2N1c1ccc(F)cc1C3. The van der Waals surface area contributed by atoms with Crippen LogP contribution in [-0.2, 0) is 17.6 Å². The molecule has 0 saturated heterocycles. The molecule has 0 aliphatic carbocycles. The van der Waals surface area contributed by atoms with E-state index in [0.717, 1.165) is 22.4 Å². The summed E-state index contributed by atoms with van der Waals surface area (Å²) in [6.07, 6.45) is 0.661. The first-order chi connectivity index (χ1) is 9.13. The first-order valence-corrected chi connectivity index (χ1v) is 6.06. The average Bonchev–Trinajstić information content (AvgIpc) is 2.66. The number of hydrogen-bond acceptors (Lipinski definition) is 1. The normalized spacial score (nSPS) is 15.5. The predicted octanol–water partition coefficient (Wildman–Crippen LogP) is 3.09. The Kier molecular flexibility index (Phi) is 1.91. The van der Waals surface area contributed by atoms with E-state index in [9.17, 15) is 13.6 Å². The Labute approximate surface area is 108 Å². The molecule has 0 bridgehead atoms. The summed E-state index contributed by atoms with van der Waals surface area (Å²) < 4.78 is 26.9. The fourth-order valence-electron chi connectivity index (χ4n) is 3.01.